The predicted octanol–water partition coefficient (Wildman–Crippen LogP) is 3.60. The monoisotopic (exact) mass is 251 g/mol. The normalized spacial score (nSPS) is 10.5. The van der Waals surface area contributed by atoms with Gasteiger partial charge in [0.05, 0.1) is 11.4 Å². The van der Waals surface area contributed by atoms with Gasteiger partial charge in [0.2, 0.25) is 5.91 Å². The summed E-state index contributed by atoms with van der Waals surface area (Å²) in [6.45, 7) is 3.62. The van der Waals surface area contributed by atoms with Crippen molar-refractivity contribution in [1.29, 1.82) is 0 Å². The molecule has 0 saturated carbocycles. The maximum atomic E-state index is 11.0. The Labute approximate surface area is 111 Å². The quantitative estimate of drug-likeness (QED) is 0.654. The fourth-order valence-electron chi connectivity index (χ4n) is 1.48. The molecule has 0 aliphatic heterocycles. The molecule has 2 aromatic carbocycles. The number of hydrogen-bond acceptors (Lipinski definition) is 3. The Bertz CT molecular complexity index is 616. The van der Waals surface area contributed by atoms with Crippen LogP contribution in [0.25, 0.3) is 5.57 Å². The lowest BCUT2D eigenvalue weighted by atomic mass is 10.1. The summed E-state index contributed by atoms with van der Waals surface area (Å²) in [5.74, 6) is -0.529. The standard InChI is InChI=1S/C15H13N3O/c1-11(15(16)19)12-7-9-14(10-8-12)18-17-13-5-3-2-4-6-13/h2-10H,1H2,(H2,16,19). The number of carbonyl (C=O) groups is 1. The number of nitrogens with two attached hydrogens (primary N) is 1. The van der Waals surface area contributed by atoms with E-state index in [1.165, 1.54) is 0 Å². The third-order valence-corrected chi connectivity index (χ3v) is 2.55. The zero-order valence-electron chi connectivity index (χ0n) is 10.3. The molecule has 0 aliphatic carbocycles. The van der Waals surface area contributed by atoms with Gasteiger partial charge in [-0.3, -0.25) is 4.79 Å². The molecule has 0 bridgehead atoms. The van der Waals surface area contributed by atoms with Crippen LogP contribution in [0, 0.1) is 0 Å². The van der Waals surface area contributed by atoms with Crippen molar-refractivity contribution >= 4 is 22.9 Å². The van der Waals surface area contributed by atoms with Crippen LogP contribution >= 0.6 is 0 Å². The SMILES string of the molecule is C=C(C(N)=O)c1ccc(N=Nc2ccccc2)cc1. The molecule has 0 spiro atoms. The highest BCUT2D eigenvalue weighted by atomic mass is 16.1. The second-order valence-corrected chi connectivity index (χ2v) is 3.93. The lowest BCUT2D eigenvalue weighted by molar-refractivity contribution is -0.112. The molecule has 2 rings (SSSR count). The Balaban J connectivity index is 2.13. The van der Waals surface area contributed by atoms with Crippen molar-refractivity contribution in [2.75, 3.05) is 0 Å². The van der Waals surface area contributed by atoms with Gasteiger partial charge in [-0.25, -0.2) is 0 Å². The van der Waals surface area contributed by atoms with Crippen LogP contribution in [0.3, 0.4) is 0 Å². The van der Waals surface area contributed by atoms with Gasteiger partial charge in [-0.05, 0) is 29.8 Å². The fourth-order valence-corrected chi connectivity index (χ4v) is 1.48. The Morgan fingerprint density at radius 1 is 0.895 bits per heavy atom. The number of carbonyl (C=O) groups excluding carboxylic acids is 1. The zero-order valence-corrected chi connectivity index (χ0v) is 10.3. The number of rotatable bonds is 4. The van der Waals surface area contributed by atoms with Crippen LogP contribution in [0.1, 0.15) is 5.56 Å². The van der Waals surface area contributed by atoms with Crippen LogP contribution in [0.15, 0.2) is 71.4 Å². The highest BCUT2D eigenvalue weighted by molar-refractivity contribution is 6.17. The van der Waals surface area contributed by atoms with E-state index in [-0.39, 0.29) is 5.57 Å². The highest BCUT2D eigenvalue weighted by Gasteiger charge is 2.04. The van der Waals surface area contributed by atoms with Crippen molar-refractivity contribution < 1.29 is 4.79 Å². The Hall–Kier alpha value is -2.75. The van der Waals surface area contributed by atoms with Crippen LogP contribution in [0.4, 0.5) is 11.4 Å². The van der Waals surface area contributed by atoms with E-state index in [1.54, 1.807) is 24.3 Å². The van der Waals surface area contributed by atoms with E-state index < -0.39 is 5.91 Å². The minimum absolute atomic E-state index is 0.284. The molecule has 4 heteroatoms. The van der Waals surface area contributed by atoms with E-state index >= 15 is 0 Å². The molecule has 0 fully saturated rings. The highest BCUT2D eigenvalue weighted by Crippen LogP contribution is 2.20. The van der Waals surface area contributed by atoms with Crippen LogP contribution in [0.2, 0.25) is 0 Å². The molecule has 2 N–H and O–H groups in total. The third kappa shape index (κ3) is 3.35. The first-order valence-corrected chi connectivity index (χ1v) is 5.73. The van der Waals surface area contributed by atoms with Gasteiger partial charge >= 0.3 is 0 Å². The molecule has 0 atom stereocenters. The van der Waals surface area contributed by atoms with Crippen molar-refractivity contribution in [3.8, 4) is 0 Å². The predicted molar refractivity (Wildman–Crippen MR) is 75.3 cm³/mol. The summed E-state index contributed by atoms with van der Waals surface area (Å²) in [6, 6.07) is 16.5. The first kappa shape index (κ1) is 12.7. The number of primary amides is 1. The number of amides is 1. The van der Waals surface area contributed by atoms with Crippen molar-refractivity contribution in [2.24, 2.45) is 16.0 Å². The first-order valence-electron chi connectivity index (χ1n) is 5.73. The van der Waals surface area contributed by atoms with E-state index in [2.05, 4.69) is 16.8 Å². The molecule has 1 amide bonds. The second-order valence-electron chi connectivity index (χ2n) is 3.93. The van der Waals surface area contributed by atoms with Crippen LogP contribution in [-0.2, 0) is 4.79 Å². The summed E-state index contributed by atoms with van der Waals surface area (Å²) < 4.78 is 0. The summed E-state index contributed by atoms with van der Waals surface area (Å²) in [7, 11) is 0. The van der Waals surface area contributed by atoms with Gasteiger partial charge < -0.3 is 5.73 Å². The van der Waals surface area contributed by atoms with Crippen LogP contribution < -0.4 is 5.73 Å². The number of hydrogen-bond donors (Lipinski definition) is 1. The lowest BCUT2D eigenvalue weighted by Gasteiger charge is -2.01. The maximum absolute atomic E-state index is 11.0. The molecular weight excluding hydrogens is 238 g/mol. The molecule has 2 aromatic rings. The summed E-state index contributed by atoms with van der Waals surface area (Å²) in [5.41, 5.74) is 7.61. The summed E-state index contributed by atoms with van der Waals surface area (Å²) in [6.07, 6.45) is 0. The van der Waals surface area contributed by atoms with E-state index in [9.17, 15) is 4.79 Å². The lowest BCUT2D eigenvalue weighted by Crippen LogP contribution is -2.11. The first-order chi connectivity index (χ1) is 9.16. The molecule has 0 heterocycles. The molecule has 0 aliphatic rings. The second kappa shape index (κ2) is 5.73. The fraction of sp³-hybridized carbons (Fsp3) is 0. The topological polar surface area (TPSA) is 67.8 Å². The summed E-state index contributed by atoms with van der Waals surface area (Å²) >= 11 is 0. The minimum Gasteiger partial charge on any atom is -0.366 e. The molecule has 0 aromatic heterocycles. The van der Waals surface area contributed by atoms with Gasteiger partial charge in [-0.15, -0.1) is 0 Å². The van der Waals surface area contributed by atoms with E-state index in [4.69, 9.17) is 5.73 Å². The van der Waals surface area contributed by atoms with E-state index in [0.29, 0.717) is 11.3 Å². The smallest absolute Gasteiger partial charge is 0.248 e. The van der Waals surface area contributed by atoms with Crippen LogP contribution in [-0.4, -0.2) is 5.91 Å². The Morgan fingerprint density at radius 2 is 1.42 bits per heavy atom. The van der Waals surface area contributed by atoms with Crippen molar-refractivity contribution in [1.82, 2.24) is 0 Å². The third-order valence-electron chi connectivity index (χ3n) is 2.55. The minimum atomic E-state index is -0.529. The summed E-state index contributed by atoms with van der Waals surface area (Å²) in [5, 5.41) is 8.20. The average molecular weight is 251 g/mol. The molecule has 19 heavy (non-hydrogen) atoms. The number of azo groups is 1. The number of benzene rings is 2. The van der Waals surface area contributed by atoms with Gasteiger partial charge in [-0.1, -0.05) is 36.9 Å². The van der Waals surface area contributed by atoms with Gasteiger partial charge in [0.15, 0.2) is 0 Å². The van der Waals surface area contributed by atoms with Crippen molar-refractivity contribution in [2.45, 2.75) is 0 Å². The summed E-state index contributed by atoms with van der Waals surface area (Å²) in [4.78, 5) is 11.0. The molecule has 94 valence electrons. The van der Waals surface area contributed by atoms with Gasteiger partial charge in [0.1, 0.15) is 0 Å². The number of nitrogens with zero attached hydrogens (tertiary/aromatic N) is 2. The van der Waals surface area contributed by atoms with Gasteiger partial charge in [0, 0.05) is 5.57 Å². The molecule has 4 nitrogen and oxygen atoms in total. The van der Waals surface area contributed by atoms with E-state index in [0.717, 1.165) is 5.69 Å². The largest absolute Gasteiger partial charge is 0.366 e. The zero-order chi connectivity index (χ0) is 13.7. The van der Waals surface area contributed by atoms with Gasteiger partial charge in [-0.2, -0.15) is 10.2 Å². The van der Waals surface area contributed by atoms with E-state index in [1.807, 2.05) is 30.3 Å². The van der Waals surface area contributed by atoms with Crippen LogP contribution in [0.5, 0.6) is 0 Å². The van der Waals surface area contributed by atoms with Gasteiger partial charge in [0.25, 0.3) is 0 Å². The molecule has 0 unspecified atom stereocenters. The van der Waals surface area contributed by atoms with Crippen molar-refractivity contribution in [3.63, 3.8) is 0 Å². The maximum Gasteiger partial charge on any atom is 0.248 e. The molecular formula is C15H13N3O. The Kier molecular flexibility index (Phi) is 3.83. The van der Waals surface area contributed by atoms with Crippen molar-refractivity contribution in [3.05, 3.63) is 66.7 Å². The Morgan fingerprint density at radius 3 is 1.95 bits per heavy atom. The average Bonchev–Trinajstić information content (AvgIpc) is 2.46. The molecule has 0 radical (unpaired) electrons. The molecule has 0 saturated heterocycles.